The topological polar surface area (TPSA) is 56.6 Å². The van der Waals surface area contributed by atoms with E-state index in [0.29, 0.717) is 18.8 Å². The minimum atomic E-state index is -0.253. The molecular formula is C28H25N3O2S. The zero-order valence-electron chi connectivity index (χ0n) is 18.8. The second-order valence-corrected chi connectivity index (χ2v) is 9.42. The van der Waals surface area contributed by atoms with E-state index in [4.69, 9.17) is 4.74 Å². The maximum absolute atomic E-state index is 13.2. The number of nitrogens with zero attached hydrogens (tertiary/aromatic N) is 3. The van der Waals surface area contributed by atoms with Gasteiger partial charge in [-0.2, -0.15) is 5.26 Å². The summed E-state index contributed by atoms with van der Waals surface area (Å²) in [5.41, 5.74) is 3.92. The summed E-state index contributed by atoms with van der Waals surface area (Å²) in [6.07, 6.45) is 0.286. The molecule has 2 aliphatic rings. The maximum Gasteiger partial charge on any atom is 0.229 e. The number of allylic oxidation sites excluding steroid dienone is 1. The van der Waals surface area contributed by atoms with Crippen LogP contribution in [0.3, 0.4) is 0 Å². The molecule has 170 valence electrons. The maximum atomic E-state index is 13.2. The molecule has 1 fully saturated rings. The van der Waals surface area contributed by atoms with Gasteiger partial charge in [-0.25, -0.2) is 0 Å². The summed E-state index contributed by atoms with van der Waals surface area (Å²) in [7, 11) is 0. The Morgan fingerprint density at radius 2 is 1.71 bits per heavy atom. The third kappa shape index (κ3) is 4.86. The highest BCUT2D eigenvalue weighted by atomic mass is 32.2. The number of ether oxygens (including phenoxy) is 1. The van der Waals surface area contributed by atoms with E-state index in [9.17, 15) is 10.1 Å². The first-order valence-electron chi connectivity index (χ1n) is 11.3. The molecule has 2 aliphatic heterocycles. The summed E-state index contributed by atoms with van der Waals surface area (Å²) >= 11 is 1.58. The van der Waals surface area contributed by atoms with Crippen molar-refractivity contribution in [3.05, 3.63) is 112 Å². The number of rotatable bonds is 6. The van der Waals surface area contributed by atoms with Crippen molar-refractivity contribution in [3.8, 4) is 11.8 Å². The lowest BCUT2D eigenvalue weighted by molar-refractivity contribution is -0.131. The van der Waals surface area contributed by atoms with Crippen molar-refractivity contribution in [2.45, 2.75) is 25.5 Å². The Morgan fingerprint density at radius 1 is 0.971 bits per heavy atom. The van der Waals surface area contributed by atoms with E-state index >= 15 is 0 Å². The number of amides is 1. The van der Waals surface area contributed by atoms with Gasteiger partial charge in [0.05, 0.1) is 29.2 Å². The lowest BCUT2D eigenvalue weighted by Crippen LogP contribution is -2.46. The van der Waals surface area contributed by atoms with Crippen molar-refractivity contribution < 1.29 is 9.53 Å². The highest BCUT2D eigenvalue weighted by Gasteiger charge is 2.38. The van der Waals surface area contributed by atoms with Crippen LogP contribution in [-0.2, 0) is 17.9 Å². The Balaban J connectivity index is 1.34. The molecule has 0 radical (unpaired) electrons. The van der Waals surface area contributed by atoms with Crippen LogP contribution in [0.25, 0.3) is 0 Å². The molecule has 34 heavy (non-hydrogen) atoms. The average molecular weight is 468 g/mol. The van der Waals surface area contributed by atoms with Crippen molar-refractivity contribution >= 4 is 17.7 Å². The van der Waals surface area contributed by atoms with Crippen molar-refractivity contribution in [3.63, 3.8) is 0 Å². The monoisotopic (exact) mass is 467 g/mol. The average Bonchev–Trinajstić information content (AvgIpc) is 2.89. The van der Waals surface area contributed by atoms with Crippen LogP contribution in [0.2, 0.25) is 0 Å². The van der Waals surface area contributed by atoms with E-state index in [0.717, 1.165) is 34.3 Å². The number of hydrogen-bond donors (Lipinski definition) is 0. The van der Waals surface area contributed by atoms with Crippen LogP contribution in [0.15, 0.2) is 95.5 Å². The van der Waals surface area contributed by atoms with Crippen LogP contribution in [0.4, 0.5) is 0 Å². The fourth-order valence-electron chi connectivity index (χ4n) is 4.40. The van der Waals surface area contributed by atoms with Gasteiger partial charge in [-0.05, 0) is 28.8 Å². The van der Waals surface area contributed by atoms with Gasteiger partial charge in [0, 0.05) is 18.9 Å². The summed E-state index contributed by atoms with van der Waals surface area (Å²) in [4.78, 5) is 17.2. The van der Waals surface area contributed by atoms with Gasteiger partial charge in [0.15, 0.2) is 0 Å². The highest BCUT2D eigenvalue weighted by Crippen LogP contribution is 2.43. The number of hydrogen-bond acceptors (Lipinski definition) is 5. The number of nitriles is 1. The zero-order valence-corrected chi connectivity index (χ0v) is 19.6. The number of carbonyl (C=O) groups is 1. The van der Waals surface area contributed by atoms with E-state index in [1.165, 1.54) is 5.56 Å². The van der Waals surface area contributed by atoms with E-state index in [1.807, 2.05) is 72.8 Å². The summed E-state index contributed by atoms with van der Waals surface area (Å²) in [6.45, 7) is 1.76. The van der Waals surface area contributed by atoms with Gasteiger partial charge in [0.2, 0.25) is 5.91 Å². The van der Waals surface area contributed by atoms with Crippen LogP contribution in [0, 0.1) is 11.3 Å². The van der Waals surface area contributed by atoms with Crippen LogP contribution in [0.1, 0.15) is 29.0 Å². The second kappa shape index (κ2) is 10.2. The van der Waals surface area contributed by atoms with Gasteiger partial charge in [-0.1, -0.05) is 84.6 Å². The molecule has 3 aromatic carbocycles. The normalized spacial score (nSPS) is 18.4. The lowest BCUT2D eigenvalue weighted by atomic mass is 9.86. The van der Waals surface area contributed by atoms with Gasteiger partial charge in [0.25, 0.3) is 0 Å². The Kier molecular flexibility index (Phi) is 6.66. The molecule has 1 saturated heterocycles. The van der Waals surface area contributed by atoms with Crippen molar-refractivity contribution in [2.24, 2.45) is 0 Å². The minimum absolute atomic E-state index is 0.0554. The molecule has 0 aromatic heterocycles. The molecule has 3 aromatic rings. The second-order valence-electron chi connectivity index (χ2n) is 8.49. The van der Waals surface area contributed by atoms with Crippen molar-refractivity contribution in [2.75, 3.05) is 12.5 Å². The number of carbonyl (C=O) groups excluding carboxylic acids is 1. The van der Waals surface area contributed by atoms with E-state index in [-0.39, 0.29) is 18.2 Å². The van der Waals surface area contributed by atoms with Gasteiger partial charge >= 0.3 is 0 Å². The number of thioether (sulfide) groups is 1. The molecule has 0 saturated carbocycles. The van der Waals surface area contributed by atoms with Crippen LogP contribution in [0.5, 0.6) is 5.75 Å². The standard InChI is InChI=1S/C28H25N3O2S/c29-16-26-25(23-12-7-13-24(14-23)33-18-22-10-5-2-6-11-22)15-27(32)31-19-30(20-34-28(26)31)17-21-8-3-1-4-9-21/h1-14,25H,15,17-20H2/t25-/m1/s1. The molecule has 1 atom stereocenters. The Hall–Kier alpha value is -3.53. The number of benzene rings is 3. The predicted octanol–water partition coefficient (Wildman–Crippen LogP) is 5.48. The first-order chi connectivity index (χ1) is 16.7. The van der Waals surface area contributed by atoms with E-state index in [2.05, 4.69) is 23.1 Å². The summed E-state index contributed by atoms with van der Waals surface area (Å²) in [6, 6.07) is 30.5. The Morgan fingerprint density at radius 3 is 2.44 bits per heavy atom. The van der Waals surface area contributed by atoms with Crippen molar-refractivity contribution in [1.82, 2.24) is 9.80 Å². The van der Waals surface area contributed by atoms with Gasteiger partial charge in [-0.15, -0.1) is 0 Å². The SMILES string of the molecule is N#CC1=C2SCN(Cc3ccccc3)CN2C(=O)C[C@@H]1c1cccc(OCc2ccccc2)c1. The lowest BCUT2D eigenvalue weighted by Gasteiger charge is -2.41. The minimum Gasteiger partial charge on any atom is -0.489 e. The summed E-state index contributed by atoms with van der Waals surface area (Å²) in [5.74, 6) is 1.28. The molecule has 0 N–H and O–H groups in total. The van der Waals surface area contributed by atoms with E-state index in [1.54, 1.807) is 16.7 Å². The van der Waals surface area contributed by atoms with Crippen LogP contribution < -0.4 is 4.74 Å². The molecule has 0 unspecified atom stereocenters. The third-order valence-electron chi connectivity index (χ3n) is 6.11. The molecule has 1 amide bonds. The molecule has 5 rings (SSSR count). The summed E-state index contributed by atoms with van der Waals surface area (Å²) < 4.78 is 5.99. The van der Waals surface area contributed by atoms with E-state index < -0.39 is 0 Å². The smallest absolute Gasteiger partial charge is 0.229 e. The molecule has 6 heteroatoms. The Bertz CT molecular complexity index is 1240. The highest BCUT2D eigenvalue weighted by molar-refractivity contribution is 8.03. The van der Waals surface area contributed by atoms with Gasteiger partial charge in [-0.3, -0.25) is 14.6 Å². The Labute approximate surface area is 204 Å². The molecule has 0 spiro atoms. The van der Waals surface area contributed by atoms with Crippen LogP contribution >= 0.6 is 11.8 Å². The first kappa shape index (κ1) is 22.3. The van der Waals surface area contributed by atoms with Gasteiger partial charge < -0.3 is 4.74 Å². The fourth-order valence-corrected chi connectivity index (χ4v) is 5.53. The quantitative estimate of drug-likeness (QED) is 0.480. The van der Waals surface area contributed by atoms with Crippen LogP contribution in [-0.4, -0.2) is 28.3 Å². The predicted molar refractivity (Wildman–Crippen MR) is 133 cm³/mol. The first-order valence-corrected chi connectivity index (χ1v) is 12.3. The molecule has 0 bridgehead atoms. The largest absolute Gasteiger partial charge is 0.489 e. The molecular weight excluding hydrogens is 442 g/mol. The van der Waals surface area contributed by atoms with Crippen molar-refractivity contribution in [1.29, 1.82) is 5.26 Å². The summed E-state index contributed by atoms with van der Waals surface area (Å²) in [5, 5.41) is 10.9. The molecule has 0 aliphatic carbocycles. The van der Waals surface area contributed by atoms with Gasteiger partial charge in [0.1, 0.15) is 12.4 Å². The zero-order chi connectivity index (χ0) is 23.3. The fraction of sp³-hybridized carbons (Fsp3) is 0.214. The molecule has 2 heterocycles. The third-order valence-corrected chi connectivity index (χ3v) is 7.32. The molecule has 5 nitrogen and oxygen atoms in total. The number of fused-ring (bicyclic) bond motifs is 1.